The number of carbonyl (C=O) groups is 1. The number of carbonyl (C=O) groups excluding carboxylic acids is 1. The topological polar surface area (TPSA) is 17.1 Å². The van der Waals surface area contributed by atoms with Crippen LogP contribution in [-0.2, 0) is 4.79 Å². The third-order valence-corrected chi connectivity index (χ3v) is 8.10. The Labute approximate surface area is 135 Å². The lowest BCUT2D eigenvalue weighted by atomic mass is 9.47. The van der Waals surface area contributed by atoms with Crippen molar-refractivity contribution in [3.05, 3.63) is 23.8 Å². The zero-order valence-electron chi connectivity index (χ0n) is 14.4. The van der Waals surface area contributed by atoms with Crippen LogP contribution >= 0.6 is 0 Å². The molecule has 22 heavy (non-hydrogen) atoms. The van der Waals surface area contributed by atoms with E-state index >= 15 is 0 Å². The van der Waals surface area contributed by atoms with E-state index in [1.165, 1.54) is 32.1 Å². The molecular weight excluding hydrogens is 268 g/mol. The Hall–Kier alpha value is -0.850. The average Bonchev–Trinajstić information content (AvgIpc) is 2.84. The number of ketones is 1. The smallest absolute Gasteiger partial charge is 0.133 e. The van der Waals surface area contributed by atoms with Crippen molar-refractivity contribution in [1.82, 2.24) is 0 Å². The van der Waals surface area contributed by atoms with Crippen molar-refractivity contribution < 1.29 is 4.79 Å². The molecule has 0 aliphatic heterocycles. The zero-order chi connectivity index (χ0) is 15.5. The van der Waals surface area contributed by atoms with Gasteiger partial charge in [-0.15, -0.1) is 0 Å². The van der Waals surface area contributed by atoms with Gasteiger partial charge in [0, 0.05) is 11.3 Å². The number of hydrogen-bond acceptors (Lipinski definition) is 1. The highest BCUT2D eigenvalue weighted by Crippen LogP contribution is 2.66. The van der Waals surface area contributed by atoms with E-state index < -0.39 is 0 Å². The molecule has 0 saturated heterocycles. The minimum absolute atomic E-state index is 0.295. The molecule has 4 aliphatic rings. The maximum Gasteiger partial charge on any atom is 0.133 e. The van der Waals surface area contributed by atoms with Gasteiger partial charge < -0.3 is 0 Å². The molecule has 6 atom stereocenters. The molecule has 0 radical (unpaired) electrons. The van der Waals surface area contributed by atoms with Crippen LogP contribution in [0, 0.1) is 34.5 Å². The summed E-state index contributed by atoms with van der Waals surface area (Å²) >= 11 is 0. The van der Waals surface area contributed by atoms with Crippen LogP contribution in [0.25, 0.3) is 0 Å². The van der Waals surface area contributed by atoms with Gasteiger partial charge in [0.1, 0.15) is 5.78 Å². The Balaban J connectivity index is 1.68. The van der Waals surface area contributed by atoms with Gasteiger partial charge in [-0.3, -0.25) is 4.79 Å². The molecule has 4 rings (SSSR count). The fourth-order valence-corrected chi connectivity index (χ4v) is 7.01. The van der Waals surface area contributed by atoms with Crippen molar-refractivity contribution in [2.45, 2.75) is 65.7 Å². The second kappa shape index (κ2) is 4.82. The van der Waals surface area contributed by atoms with Crippen molar-refractivity contribution in [1.29, 1.82) is 0 Å². The highest BCUT2D eigenvalue weighted by atomic mass is 16.1. The molecule has 4 aliphatic carbocycles. The Morgan fingerprint density at radius 2 is 1.95 bits per heavy atom. The monoisotopic (exact) mass is 298 g/mol. The van der Waals surface area contributed by atoms with Crippen molar-refractivity contribution in [3.63, 3.8) is 0 Å². The van der Waals surface area contributed by atoms with E-state index in [9.17, 15) is 4.79 Å². The molecule has 0 heterocycles. The lowest BCUT2D eigenvalue weighted by Gasteiger charge is -2.57. The first kappa shape index (κ1) is 14.7. The lowest BCUT2D eigenvalue weighted by Crippen LogP contribution is -2.49. The quantitative estimate of drug-likeness (QED) is 0.599. The van der Waals surface area contributed by atoms with E-state index in [0.717, 1.165) is 30.6 Å². The summed E-state index contributed by atoms with van der Waals surface area (Å²) in [5.41, 5.74) is 2.32. The zero-order valence-corrected chi connectivity index (χ0v) is 14.4. The van der Waals surface area contributed by atoms with Gasteiger partial charge in [0.15, 0.2) is 0 Å². The largest absolute Gasteiger partial charge is 0.300 e. The highest BCUT2D eigenvalue weighted by Gasteiger charge is 2.58. The third kappa shape index (κ3) is 1.80. The molecule has 0 bridgehead atoms. The first-order valence-electron chi connectivity index (χ1n) is 9.34. The van der Waals surface area contributed by atoms with Gasteiger partial charge in [-0.1, -0.05) is 37.6 Å². The standard InChI is InChI=1S/C21H30O/c1-14(22)17-9-10-18-16-8-7-15-6-4-5-12-20(15,2)19(16)11-13-21(17,18)3/h5-6,12,16-19H,4,7-11,13H2,1-3H3/t16-,17+,18-,19-,20-,21+/m0/s1. The van der Waals surface area contributed by atoms with Crippen molar-refractivity contribution in [3.8, 4) is 0 Å². The van der Waals surface area contributed by atoms with Gasteiger partial charge in [0.05, 0.1) is 0 Å². The van der Waals surface area contributed by atoms with E-state index in [1.54, 1.807) is 5.57 Å². The van der Waals surface area contributed by atoms with Crippen LogP contribution in [0.2, 0.25) is 0 Å². The maximum absolute atomic E-state index is 12.1. The first-order chi connectivity index (χ1) is 10.5. The summed E-state index contributed by atoms with van der Waals surface area (Å²) in [6, 6.07) is 0. The number of rotatable bonds is 1. The summed E-state index contributed by atoms with van der Waals surface area (Å²) in [5, 5.41) is 0. The molecule has 0 aromatic rings. The molecule has 120 valence electrons. The van der Waals surface area contributed by atoms with Crippen molar-refractivity contribution in [2.75, 3.05) is 0 Å². The summed E-state index contributed by atoms with van der Waals surface area (Å²) in [5.74, 6) is 3.23. The number of fused-ring (bicyclic) bond motifs is 5. The van der Waals surface area contributed by atoms with Gasteiger partial charge in [-0.2, -0.15) is 0 Å². The Morgan fingerprint density at radius 3 is 2.73 bits per heavy atom. The van der Waals surface area contributed by atoms with Crippen molar-refractivity contribution in [2.24, 2.45) is 34.5 Å². The molecule has 3 saturated carbocycles. The predicted molar refractivity (Wildman–Crippen MR) is 90.4 cm³/mol. The van der Waals surface area contributed by atoms with Crippen LogP contribution in [0.5, 0.6) is 0 Å². The van der Waals surface area contributed by atoms with E-state index in [-0.39, 0.29) is 0 Å². The van der Waals surface area contributed by atoms with Crippen LogP contribution in [-0.4, -0.2) is 5.78 Å². The molecule has 0 aromatic heterocycles. The van der Waals surface area contributed by atoms with Crippen LogP contribution in [0.4, 0.5) is 0 Å². The highest BCUT2D eigenvalue weighted by molar-refractivity contribution is 5.79. The molecule has 0 N–H and O–H groups in total. The van der Waals surface area contributed by atoms with Gasteiger partial charge >= 0.3 is 0 Å². The van der Waals surface area contributed by atoms with Crippen molar-refractivity contribution >= 4 is 5.78 Å². The van der Waals surface area contributed by atoms with Crippen LogP contribution in [0.3, 0.4) is 0 Å². The van der Waals surface area contributed by atoms with Crippen LogP contribution < -0.4 is 0 Å². The Morgan fingerprint density at radius 1 is 1.14 bits per heavy atom. The van der Waals surface area contributed by atoms with E-state index in [1.807, 2.05) is 6.92 Å². The number of allylic oxidation sites excluding steroid dienone is 4. The minimum atomic E-state index is 0.295. The third-order valence-electron chi connectivity index (χ3n) is 8.10. The normalized spacial score (nSPS) is 49.9. The fraction of sp³-hybridized carbons (Fsp3) is 0.762. The van der Waals surface area contributed by atoms with E-state index in [4.69, 9.17) is 0 Å². The Bertz CT molecular complexity index is 556. The molecule has 1 nitrogen and oxygen atoms in total. The lowest BCUT2D eigenvalue weighted by molar-refractivity contribution is -0.127. The SMILES string of the molecule is CC(=O)[C@H]1CC[C@H]2[C@@H]3CCC4=CCC=C[C@]4(C)[C@H]3CC[C@]12C. The predicted octanol–water partition coefficient (Wildman–Crippen LogP) is 5.32. The van der Waals surface area contributed by atoms with Gasteiger partial charge in [-0.25, -0.2) is 0 Å². The van der Waals surface area contributed by atoms with Gasteiger partial charge in [0.25, 0.3) is 0 Å². The summed E-state index contributed by atoms with van der Waals surface area (Å²) in [7, 11) is 0. The molecule has 0 aromatic carbocycles. The average molecular weight is 298 g/mol. The molecule has 0 spiro atoms. The summed E-state index contributed by atoms with van der Waals surface area (Å²) in [4.78, 5) is 12.1. The summed E-state index contributed by atoms with van der Waals surface area (Å²) in [6.07, 6.45) is 16.2. The minimum Gasteiger partial charge on any atom is -0.300 e. The van der Waals surface area contributed by atoms with E-state index in [0.29, 0.717) is 22.5 Å². The first-order valence-corrected chi connectivity index (χ1v) is 9.34. The van der Waals surface area contributed by atoms with Crippen LogP contribution in [0.1, 0.15) is 65.7 Å². The molecule has 1 heteroatoms. The van der Waals surface area contributed by atoms with E-state index in [2.05, 4.69) is 32.1 Å². The second-order valence-electron chi connectivity index (χ2n) is 8.85. The number of hydrogen-bond donors (Lipinski definition) is 0. The van der Waals surface area contributed by atoms with Crippen LogP contribution in [0.15, 0.2) is 23.8 Å². The second-order valence-corrected chi connectivity index (χ2v) is 8.85. The number of Topliss-reactive ketones (excluding diaryl/α,β-unsaturated/α-hetero) is 1. The van der Waals surface area contributed by atoms with Gasteiger partial charge in [-0.05, 0) is 75.0 Å². The van der Waals surface area contributed by atoms with Gasteiger partial charge in [0.2, 0.25) is 0 Å². The summed E-state index contributed by atoms with van der Waals surface area (Å²) < 4.78 is 0. The summed E-state index contributed by atoms with van der Waals surface area (Å²) in [6.45, 7) is 6.76. The Kier molecular flexibility index (Phi) is 3.23. The fourth-order valence-electron chi connectivity index (χ4n) is 7.01. The molecule has 3 fully saturated rings. The molecular formula is C21H30O. The molecule has 0 unspecified atom stereocenters. The molecule has 0 amide bonds. The maximum atomic E-state index is 12.1.